The molecule has 40 heavy (non-hydrogen) atoms. The van der Waals surface area contributed by atoms with Gasteiger partial charge in [0.1, 0.15) is 0 Å². The highest BCUT2D eigenvalue weighted by Gasteiger charge is 2.47. The monoisotopic (exact) mass is 536 g/mol. The molecule has 0 radical (unpaired) electrons. The number of carbonyl (C=O) groups excluding carboxylic acids is 1. The van der Waals surface area contributed by atoms with E-state index in [2.05, 4.69) is 127 Å². The number of rotatable bonds is 4. The van der Waals surface area contributed by atoms with Crippen molar-refractivity contribution in [1.82, 2.24) is 0 Å². The Balaban J connectivity index is 1.61. The number of carbonyl (C=O) groups is 1. The van der Waals surface area contributed by atoms with Crippen LogP contribution in [0.5, 0.6) is 0 Å². The molecule has 0 atom stereocenters. The molecule has 0 spiro atoms. The second-order valence-corrected chi connectivity index (χ2v) is 15.1. The Kier molecular flexibility index (Phi) is 6.37. The average molecular weight is 537 g/mol. The molecule has 0 saturated carbocycles. The van der Waals surface area contributed by atoms with Crippen LogP contribution in [0.15, 0.2) is 83.3 Å². The topological polar surface area (TPSA) is 46.4 Å². The van der Waals surface area contributed by atoms with E-state index in [-0.39, 0.29) is 44.3 Å². The molecule has 0 aromatic heterocycles. The molecule has 0 bridgehead atoms. The Morgan fingerprint density at radius 1 is 0.825 bits per heavy atom. The second kappa shape index (κ2) is 9.06. The molecular weight excluding hydrogens is 492 g/mol. The fourth-order valence-corrected chi connectivity index (χ4v) is 6.46. The molecule has 3 aliphatic rings. The summed E-state index contributed by atoms with van der Waals surface area (Å²) >= 11 is 0. The molecule has 4 nitrogen and oxygen atoms in total. The molecule has 0 N–H and O–H groups in total. The van der Waals surface area contributed by atoms with Crippen LogP contribution in [-0.4, -0.2) is 29.2 Å². The van der Waals surface area contributed by atoms with Gasteiger partial charge in [-0.25, -0.2) is 0 Å². The van der Waals surface area contributed by atoms with Gasteiger partial charge in [0, 0.05) is 57.6 Å². The van der Waals surface area contributed by atoms with Crippen LogP contribution >= 0.6 is 0 Å². The molecule has 2 aromatic rings. The lowest BCUT2D eigenvalue weighted by atomic mass is 9.77. The van der Waals surface area contributed by atoms with E-state index in [4.69, 9.17) is 0 Å². The molecule has 0 unspecified atom stereocenters. The summed E-state index contributed by atoms with van der Waals surface area (Å²) < 4.78 is 2.31. The fraction of sp³-hybridized carbons (Fsp3) is 0.444. The summed E-state index contributed by atoms with van der Waals surface area (Å²) in [6, 6.07) is 16.8. The van der Waals surface area contributed by atoms with E-state index in [1.165, 1.54) is 11.1 Å². The van der Waals surface area contributed by atoms with E-state index in [1.807, 2.05) is 12.2 Å². The van der Waals surface area contributed by atoms with Crippen LogP contribution in [-0.2, 0) is 15.6 Å². The normalized spacial score (nSPS) is 21.9. The zero-order valence-corrected chi connectivity index (χ0v) is 25.9. The van der Waals surface area contributed by atoms with Crippen LogP contribution in [0.25, 0.3) is 0 Å². The van der Waals surface area contributed by atoms with Crippen LogP contribution in [0.3, 0.4) is 0 Å². The maximum Gasteiger partial charge on any atom is 0.209 e. The first kappa shape index (κ1) is 28.1. The third kappa shape index (κ3) is 4.56. The molecule has 4 heteroatoms. The molecule has 0 saturated heterocycles. The van der Waals surface area contributed by atoms with Crippen molar-refractivity contribution in [3.63, 3.8) is 0 Å². The summed E-state index contributed by atoms with van der Waals surface area (Å²) in [5, 5.41) is 13.7. The van der Waals surface area contributed by atoms with Crippen molar-refractivity contribution in [2.75, 3.05) is 18.0 Å². The van der Waals surface area contributed by atoms with Gasteiger partial charge >= 0.3 is 0 Å². The predicted octanol–water partition coefficient (Wildman–Crippen LogP) is 6.96. The van der Waals surface area contributed by atoms with Crippen LogP contribution in [0.2, 0.25) is 0 Å². The van der Waals surface area contributed by atoms with E-state index < -0.39 is 0 Å². The average Bonchev–Trinajstić information content (AvgIpc) is 3.18. The second-order valence-electron chi connectivity index (χ2n) is 15.1. The maximum absolute atomic E-state index is 13.7. The first-order valence-electron chi connectivity index (χ1n) is 14.5. The molecule has 0 fully saturated rings. The molecule has 0 amide bonds. The van der Waals surface area contributed by atoms with Gasteiger partial charge in [0.25, 0.3) is 0 Å². The van der Waals surface area contributed by atoms with E-state index in [0.717, 1.165) is 35.9 Å². The Morgan fingerprint density at radius 3 is 2.02 bits per heavy atom. The standard InChI is InChI=1S/C36H44N2O2/c1-33(2,3)21-37-27-17-13-11-15-25(27)35(7,8)29(37)19-23-31(39)24(32(23)40)20-30-36(9,10)26-16-12-14-18-28(26)38(30)22-34(4,5)6/h11-20H,21-22H2,1-10H3. The third-order valence-corrected chi connectivity index (χ3v) is 8.40. The number of hydrogen-bond donors (Lipinski definition) is 0. The predicted molar refractivity (Wildman–Crippen MR) is 163 cm³/mol. The molecule has 2 aliphatic heterocycles. The Hall–Kier alpha value is -3.40. The van der Waals surface area contributed by atoms with Gasteiger partial charge in [-0.05, 0) is 37.0 Å². The lowest BCUT2D eigenvalue weighted by Crippen LogP contribution is -2.37. The number of ketones is 1. The number of benzene rings is 2. The molecule has 2 aromatic carbocycles. The quantitative estimate of drug-likeness (QED) is 0.313. The van der Waals surface area contributed by atoms with Gasteiger partial charge in [-0.2, -0.15) is 4.58 Å². The summed E-state index contributed by atoms with van der Waals surface area (Å²) in [6.07, 6.45) is 3.75. The van der Waals surface area contributed by atoms with Crippen LogP contribution in [0, 0.1) is 10.8 Å². The minimum atomic E-state index is -0.317. The molecular formula is C36H44N2O2. The van der Waals surface area contributed by atoms with E-state index in [1.54, 1.807) is 0 Å². The molecule has 5 rings (SSSR count). The molecule has 210 valence electrons. The summed E-state index contributed by atoms with van der Waals surface area (Å²) in [5.74, 6) is -0.315. The Morgan fingerprint density at radius 2 is 1.43 bits per heavy atom. The van der Waals surface area contributed by atoms with Crippen molar-refractivity contribution in [3.05, 3.63) is 94.4 Å². The summed E-state index contributed by atoms with van der Waals surface area (Å²) in [5.41, 5.74) is 6.79. The van der Waals surface area contributed by atoms with Crippen molar-refractivity contribution in [2.24, 2.45) is 10.8 Å². The zero-order valence-electron chi connectivity index (χ0n) is 25.9. The van der Waals surface area contributed by atoms with E-state index in [0.29, 0.717) is 0 Å². The Labute approximate surface area is 240 Å². The first-order valence-corrected chi connectivity index (χ1v) is 14.5. The summed E-state index contributed by atoms with van der Waals surface area (Å²) in [7, 11) is 0. The minimum absolute atomic E-state index is 0.0339. The first-order chi connectivity index (χ1) is 18.4. The highest BCUT2D eigenvalue weighted by molar-refractivity contribution is 6.24. The lowest BCUT2D eigenvalue weighted by molar-refractivity contribution is -0.454. The van der Waals surface area contributed by atoms with Gasteiger partial charge in [0.05, 0.1) is 5.41 Å². The highest BCUT2D eigenvalue weighted by Crippen LogP contribution is 2.50. The number of Topliss-reactive ketones (excluding diaryl/α,β-unsaturated/α-hetero) is 1. The number of nitrogens with zero attached hydrogens (tertiary/aromatic N) is 2. The van der Waals surface area contributed by atoms with Crippen molar-refractivity contribution >= 4 is 22.9 Å². The van der Waals surface area contributed by atoms with Gasteiger partial charge < -0.3 is 10.0 Å². The van der Waals surface area contributed by atoms with Crippen LogP contribution in [0.1, 0.15) is 80.4 Å². The number of hydrogen-bond acceptors (Lipinski definition) is 3. The fourth-order valence-electron chi connectivity index (χ4n) is 6.46. The lowest BCUT2D eigenvalue weighted by Gasteiger charge is -2.35. The zero-order chi connectivity index (χ0) is 29.4. The van der Waals surface area contributed by atoms with Crippen molar-refractivity contribution in [2.45, 2.75) is 80.1 Å². The van der Waals surface area contributed by atoms with Crippen molar-refractivity contribution in [1.29, 1.82) is 0 Å². The number of allylic oxidation sites excluding steroid dienone is 5. The van der Waals surface area contributed by atoms with Crippen molar-refractivity contribution in [3.8, 4) is 0 Å². The highest BCUT2D eigenvalue weighted by atomic mass is 16.3. The SMILES string of the molecule is CC(C)(C)CN1/C(=C/C2=C([O-])C(=C/C3=[N+](CC(C)(C)C)c4ccccc4C3(C)C)/C2=O)C(C)(C)c2ccccc21. The van der Waals surface area contributed by atoms with Crippen LogP contribution < -0.4 is 10.0 Å². The van der Waals surface area contributed by atoms with Gasteiger partial charge in [-0.15, -0.1) is 0 Å². The summed E-state index contributed by atoms with van der Waals surface area (Å²) in [4.78, 5) is 16.0. The third-order valence-electron chi connectivity index (χ3n) is 8.40. The number of fused-ring (bicyclic) bond motifs is 2. The number of para-hydroxylation sites is 2. The van der Waals surface area contributed by atoms with E-state index in [9.17, 15) is 9.90 Å². The van der Waals surface area contributed by atoms with Gasteiger partial charge in [-0.1, -0.05) is 97.5 Å². The van der Waals surface area contributed by atoms with Gasteiger partial charge in [-0.3, -0.25) is 4.79 Å². The maximum atomic E-state index is 13.7. The largest absolute Gasteiger partial charge is 0.871 e. The van der Waals surface area contributed by atoms with Crippen molar-refractivity contribution < 1.29 is 14.5 Å². The minimum Gasteiger partial charge on any atom is -0.871 e. The van der Waals surface area contributed by atoms with Crippen LogP contribution in [0.4, 0.5) is 11.4 Å². The molecule has 2 heterocycles. The van der Waals surface area contributed by atoms with Gasteiger partial charge in [0.15, 0.2) is 18.0 Å². The summed E-state index contributed by atoms with van der Waals surface area (Å²) in [6.45, 7) is 23.6. The van der Waals surface area contributed by atoms with E-state index >= 15 is 0 Å². The Bertz CT molecular complexity index is 1530. The smallest absolute Gasteiger partial charge is 0.209 e. The molecule has 1 aliphatic carbocycles. The van der Waals surface area contributed by atoms with Gasteiger partial charge in [0.2, 0.25) is 5.69 Å². The number of anilines is 1.